The third-order valence-electron chi connectivity index (χ3n) is 2.78. The molecule has 0 saturated carbocycles. The molecule has 0 aliphatic heterocycles. The minimum Gasteiger partial charge on any atom is -0.313 e. The van der Waals surface area contributed by atoms with Crippen molar-refractivity contribution in [1.29, 1.82) is 0 Å². The third kappa shape index (κ3) is 3.26. The summed E-state index contributed by atoms with van der Waals surface area (Å²) in [7, 11) is 0. The molecular formula is C15H15Cl2N. The van der Waals surface area contributed by atoms with Crippen LogP contribution in [0.25, 0.3) is 11.1 Å². The maximum Gasteiger partial charge on any atom is 0.0499 e. The van der Waals surface area contributed by atoms with Crippen LogP contribution < -0.4 is 5.32 Å². The van der Waals surface area contributed by atoms with Gasteiger partial charge in [0, 0.05) is 22.2 Å². The van der Waals surface area contributed by atoms with Crippen molar-refractivity contribution in [1.82, 2.24) is 5.32 Å². The van der Waals surface area contributed by atoms with E-state index in [2.05, 4.69) is 36.5 Å². The summed E-state index contributed by atoms with van der Waals surface area (Å²) < 4.78 is 0. The number of benzene rings is 2. The van der Waals surface area contributed by atoms with Crippen molar-refractivity contribution in [3.63, 3.8) is 0 Å². The van der Waals surface area contributed by atoms with Crippen LogP contribution in [-0.4, -0.2) is 6.54 Å². The van der Waals surface area contributed by atoms with E-state index in [1.54, 1.807) is 6.07 Å². The Kier molecular flexibility index (Phi) is 4.65. The fourth-order valence-corrected chi connectivity index (χ4v) is 2.31. The lowest BCUT2D eigenvalue weighted by Gasteiger charge is -2.07. The predicted molar refractivity (Wildman–Crippen MR) is 79.3 cm³/mol. The van der Waals surface area contributed by atoms with Gasteiger partial charge in [0.05, 0.1) is 0 Å². The molecule has 2 aromatic carbocycles. The first-order valence-corrected chi connectivity index (χ1v) is 6.71. The van der Waals surface area contributed by atoms with Gasteiger partial charge in [-0.1, -0.05) is 60.5 Å². The van der Waals surface area contributed by atoms with Crippen molar-refractivity contribution in [3.8, 4) is 11.1 Å². The van der Waals surface area contributed by atoms with E-state index in [1.165, 1.54) is 5.56 Å². The molecule has 0 spiro atoms. The molecule has 94 valence electrons. The second-order valence-corrected chi connectivity index (χ2v) is 4.95. The maximum absolute atomic E-state index is 6.19. The monoisotopic (exact) mass is 279 g/mol. The van der Waals surface area contributed by atoms with E-state index in [-0.39, 0.29) is 0 Å². The first kappa shape index (κ1) is 13.4. The fourth-order valence-electron chi connectivity index (χ4n) is 1.80. The summed E-state index contributed by atoms with van der Waals surface area (Å²) >= 11 is 12.1. The standard InChI is InChI=1S/C15H15Cl2N/c1-2-18-10-11-3-5-12(6-4-11)14-8-7-13(16)9-15(14)17/h3-9,18H,2,10H2,1H3. The summed E-state index contributed by atoms with van der Waals surface area (Å²) in [5.41, 5.74) is 3.39. The summed E-state index contributed by atoms with van der Waals surface area (Å²) in [6.45, 7) is 3.97. The Morgan fingerprint density at radius 3 is 2.33 bits per heavy atom. The molecule has 0 aliphatic rings. The van der Waals surface area contributed by atoms with Gasteiger partial charge >= 0.3 is 0 Å². The molecular weight excluding hydrogens is 265 g/mol. The van der Waals surface area contributed by atoms with Crippen LogP contribution >= 0.6 is 23.2 Å². The molecule has 0 saturated heterocycles. The Hall–Kier alpha value is -1.02. The quantitative estimate of drug-likeness (QED) is 0.850. The van der Waals surface area contributed by atoms with Crippen molar-refractivity contribution in [2.45, 2.75) is 13.5 Å². The van der Waals surface area contributed by atoms with Crippen LogP contribution in [0, 0.1) is 0 Å². The van der Waals surface area contributed by atoms with Crippen LogP contribution in [0.3, 0.4) is 0 Å². The summed E-state index contributed by atoms with van der Waals surface area (Å²) in [5, 5.41) is 4.64. The van der Waals surface area contributed by atoms with Crippen LogP contribution in [0.15, 0.2) is 42.5 Å². The molecule has 18 heavy (non-hydrogen) atoms. The van der Waals surface area contributed by atoms with Crippen molar-refractivity contribution in [2.75, 3.05) is 6.54 Å². The minimum absolute atomic E-state index is 0.660. The molecule has 0 amide bonds. The van der Waals surface area contributed by atoms with Crippen molar-refractivity contribution in [3.05, 3.63) is 58.1 Å². The van der Waals surface area contributed by atoms with E-state index in [9.17, 15) is 0 Å². The van der Waals surface area contributed by atoms with Crippen molar-refractivity contribution >= 4 is 23.2 Å². The lowest BCUT2D eigenvalue weighted by molar-refractivity contribution is 0.727. The number of hydrogen-bond acceptors (Lipinski definition) is 1. The molecule has 2 rings (SSSR count). The molecule has 0 aromatic heterocycles. The average molecular weight is 280 g/mol. The van der Waals surface area contributed by atoms with Gasteiger partial charge in [0.2, 0.25) is 0 Å². The Morgan fingerprint density at radius 2 is 1.72 bits per heavy atom. The van der Waals surface area contributed by atoms with Gasteiger partial charge in [-0.2, -0.15) is 0 Å². The van der Waals surface area contributed by atoms with Gasteiger partial charge in [-0.05, 0) is 29.8 Å². The molecule has 0 unspecified atom stereocenters. The molecule has 3 heteroatoms. The first-order chi connectivity index (χ1) is 8.70. The van der Waals surface area contributed by atoms with Gasteiger partial charge in [0.25, 0.3) is 0 Å². The zero-order valence-electron chi connectivity index (χ0n) is 10.2. The zero-order chi connectivity index (χ0) is 13.0. The minimum atomic E-state index is 0.660. The van der Waals surface area contributed by atoms with Crippen LogP contribution in [-0.2, 0) is 6.54 Å². The van der Waals surface area contributed by atoms with E-state index in [4.69, 9.17) is 23.2 Å². The van der Waals surface area contributed by atoms with Crippen LogP contribution in [0.4, 0.5) is 0 Å². The molecule has 0 aliphatic carbocycles. The highest BCUT2D eigenvalue weighted by Gasteiger charge is 2.04. The largest absolute Gasteiger partial charge is 0.313 e. The summed E-state index contributed by atoms with van der Waals surface area (Å²) in [4.78, 5) is 0. The number of rotatable bonds is 4. The van der Waals surface area contributed by atoms with Gasteiger partial charge in [-0.25, -0.2) is 0 Å². The molecule has 0 heterocycles. The second kappa shape index (κ2) is 6.24. The van der Waals surface area contributed by atoms with Crippen molar-refractivity contribution in [2.24, 2.45) is 0 Å². The molecule has 1 N–H and O–H groups in total. The van der Waals surface area contributed by atoms with Gasteiger partial charge in [0.1, 0.15) is 0 Å². The highest BCUT2D eigenvalue weighted by Crippen LogP contribution is 2.30. The Bertz CT molecular complexity index is 521. The SMILES string of the molecule is CCNCc1ccc(-c2ccc(Cl)cc2Cl)cc1. The molecule has 1 nitrogen and oxygen atoms in total. The molecule has 0 fully saturated rings. The molecule has 2 aromatic rings. The van der Waals surface area contributed by atoms with E-state index in [1.807, 2.05) is 12.1 Å². The molecule has 0 bridgehead atoms. The summed E-state index contributed by atoms with van der Waals surface area (Å²) in [5.74, 6) is 0. The van der Waals surface area contributed by atoms with E-state index in [0.717, 1.165) is 24.2 Å². The highest BCUT2D eigenvalue weighted by atomic mass is 35.5. The molecule has 0 atom stereocenters. The second-order valence-electron chi connectivity index (χ2n) is 4.10. The topological polar surface area (TPSA) is 12.0 Å². The highest BCUT2D eigenvalue weighted by molar-refractivity contribution is 6.36. The normalized spacial score (nSPS) is 10.6. The van der Waals surface area contributed by atoms with Gasteiger partial charge in [0.15, 0.2) is 0 Å². The van der Waals surface area contributed by atoms with Gasteiger partial charge < -0.3 is 5.32 Å². The van der Waals surface area contributed by atoms with E-state index in [0.29, 0.717) is 10.0 Å². The van der Waals surface area contributed by atoms with E-state index < -0.39 is 0 Å². The Labute approximate surface area is 118 Å². The zero-order valence-corrected chi connectivity index (χ0v) is 11.7. The summed E-state index contributed by atoms with van der Waals surface area (Å²) in [6.07, 6.45) is 0. The van der Waals surface area contributed by atoms with Crippen LogP contribution in [0.2, 0.25) is 10.0 Å². The fraction of sp³-hybridized carbons (Fsp3) is 0.200. The lowest BCUT2D eigenvalue weighted by atomic mass is 10.0. The Balaban J connectivity index is 2.23. The molecule has 0 radical (unpaired) electrons. The van der Waals surface area contributed by atoms with Crippen LogP contribution in [0.1, 0.15) is 12.5 Å². The average Bonchev–Trinajstić information content (AvgIpc) is 2.37. The van der Waals surface area contributed by atoms with Gasteiger partial charge in [-0.3, -0.25) is 0 Å². The smallest absolute Gasteiger partial charge is 0.0499 e. The van der Waals surface area contributed by atoms with E-state index >= 15 is 0 Å². The van der Waals surface area contributed by atoms with Gasteiger partial charge in [-0.15, -0.1) is 0 Å². The lowest BCUT2D eigenvalue weighted by Crippen LogP contribution is -2.11. The van der Waals surface area contributed by atoms with Crippen molar-refractivity contribution < 1.29 is 0 Å². The summed E-state index contributed by atoms with van der Waals surface area (Å²) in [6, 6.07) is 14.0. The first-order valence-electron chi connectivity index (χ1n) is 5.96. The Morgan fingerprint density at radius 1 is 1.00 bits per heavy atom. The predicted octanol–water partition coefficient (Wildman–Crippen LogP) is 4.77. The van der Waals surface area contributed by atoms with Crippen LogP contribution in [0.5, 0.6) is 0 Å². The number of hydrogen-bond donors (Lipinski definition) is 1. The number of halogens is 2. The third-order valence-corrected chi connectivity index (χ3v) is 3.32. The number of nitrogens with one attached hydrogen (secondary N) is 1. The maximum atomic E-state index is 6.19.